The van der Waals surface area contributed by atoms with Crippen LogP contribution in [0.15, 0.2) is 58.1 Å². The molecule has 7 heteroatoms. The summed E-state index contributed by atoms with van der Waals surface area (Å²) in [7, 11) is 0. The molecule has 0 unspecified atom stereocenters. The van der Waals surface area contributed by atoms with E-state index in [2.05, 4.69) is 21.0 Å². The van der Waals surface area contributed by atoms with Crippen LogP contribution >= 0.6 is 39.3 Å². The largest absolute Gasteiger partial charge is 0.365 e. The minimum Gasteiger partial charge on any atom is -0.365 e. The van der Waals surface area contributed by atoms with E-state index < -0.39 is 5.72 Å². The maximum atomic E-state index is 12.7. The zero-order valence-electron chi connectivity index (χ0n) is 14.2. The Balaban J connectivity index is 1.70. The molecule has 0 saturated carbocycles. The summed E-state index contributed by atoms with van der Waals surface area (Å²) in [5.41, 5.74) is 0.911. The molecule has 2 aromatic rings. The SMILES string of the molecule is CC1=NN(C(=O)CSCc2ccccc2Cl)[C@](O)(c2ccc(Br)cc2)C1. The molecular weight excluding hydrogens is 436 g/mol. The summed E-state index contributed by atoms with van der Waals surface area (Å²) in [6.45, 7) is 1.81. The van der Waals surface area contributed by atoms with Crippen LogP contribution < -0.4 is 0 Å². The molecule has 1 atom stereocenters. The van der Waals surface area contributed by atoms with Gasteiger partial charge in [0.25, 0.3) is 5.91 Å². The van der Waals surface area contributed by atoms with Crippen LogP contribution in [0.25, 0.3) is 0 Å². The van der Waals surface area contributed by atoms with E-state index in [-0.39, 0.29) is 11.7 Å². The van der Waals surface area contributed by atoms with Crippen LogP contribution in [0.4, 0.5) is 0 Å². The molecule has 26 heavy (non-hydrogen) atoms. The molecule has 0 aliphatic carbocycles. The van der Waals surface area contributed by atoms with E-state index in [4.69, 9.17) is 11.6 Å². The quantitative estimate of drug-likeness (QED) is 0.708. The highest BCUT2D eigenvalue weighted by Crippen LogP contribution is 2.36. The maximum absolute atomic E-state index is 12.7. The summed E-state index contributed by atoms with van der Waals surface area (Å²) < 4.78 is 0.911. The average Bonchev–Trinajstić information content (AvgIpc) is 2.93. The van der Waals surface area contributed by atoms with Crippen LogP contribution in [0.2, 0.25) is 5.02 Å². The summed E-state index contributed by atoms with van der Waals surface area (Å²) >= 11 is 11.0. The van der Waals surface area contributed by atoms with Crippen LogP contribution in [0.3, 0.4) is 0 Å². The van der Waals surface area contributed by atoms with Crippen molar-refractivity contribution in [2.75, 3.05) is 5.75 Å². The monoisotopic (exact) mass is 452 g/mol. The first-order valence-corrected chi connectivity index (χ1v) is 10.4. The van der Waals surface area contributed by atoms with E-state index in [1.807, 2.05) is 43.3 Å². The number of benzene rings is 2. The van der Waals surface area contributed by atoms with Crippen LogP contribution in [-0.4, -0.2) is 27.5 Å². The van der Waals surface area contributed by atoms with Crippen molar-refractivity contribution in [1.82, 2.24) is 5.01 Å². The minimum atomic E-state index is -1.44. The van der Waals surface area contributed by atoms with Gasteiger partial charge >= 0.3 is 0 Å². The number of hydrazone groups is 1. The van der Waals surface area contributed by atoms with E-state index in [0.717, 1.165) is 15.7 Å². The number of aliphatic hydroxyl groups is 1. The predicted octanol–water partition coefficient (Wildman–Crippen LogP) is 4.79. The summed E-state index contributed by atoms with van der Waals surface area (Å²) in [6, 6.07) is 14.9. The van der Waals surface area contributed by atoms with Gasteiger partial charge in [0.05, 0.1) is 5.75 Å². The third kappa shape index (κ3) is 4.14. The van der Waals surface area contributed by atoms with Crippen molar-refractivity contribution in [3.05, 3.63) is 69.2 Å². The number of hydrogen-bond donors (Lipinski definition) is 1. The van der Waals surface area contributed by atoms with E-state index in [1.54, 1.807) is 12.1 Å². The number of thioether (sulfide) groups is 1. The van der Waals surface area contributed by atoms with Gasteiger partial charge in [-0.1, -0.05) is 57.9 Å². The molecule has 4 nitrogen and oxygen atoms in total. The molecule has 0 fully saturated rings. The molecule has 0 bridgehead atoms. The molecule has 1 aliphatic heterocycles. The van der Waals surface area contributed by atoms with Crippen molar-refractivity contribution in [3.63, 3.8) is 0 Å². The number of rotatable bonds is 5. The van der Waals surface area contributed by atoms with E-state index >= 15 is 0 Å². The van der Waals surface area contributed by atoms with Crippen molar-refractivity contribution >= 4 is 50.9 Å². The molecule has 0 saturated heterocycles. The lowest BCUT2D eigenvalue weighted by Gasteiger charge is -2.31. The molecule has 1 amide bonds. The fourth-order valence-electron chi connectivity index (χ4n) is 2.85. The molecule has 0 spiro atoms. The Morgan fingerprint density at radius 1 is 1.31 bits per heavy atom. The summed E-state index contributed by atoms with van der Waals surface area (Å²) in [4.78, 5) is 12.7. The Morgan fingerprint density at radius 2 is 2.00 bits per heavy atom. The zero-order chi connectivity index (χ0) is 18.7. The number of carbonyl (C=O) groups excluding carboxylic acids is 1. The second kappa shape index (κ2) is 8.13. The highest BCUT2D eigenvalue weighted by atomic mass is 79.9. The van der Waals surface area contributed by atoms with Gasteiger partial charge in [0.1, 0.15) is 0 Å². The second-order valence-corrected chi connectivity index (χ2v) is 8.43. The highest BCUT2D eigenvalue weighted by molar-refractivity contribution is 9.10. The fraction of sp³-hybridized carbons (Fsp3) is 0.263. The third-order valence-electron chi connectivity index (χ3n) is 4.11. The lowest BCUT2D eigenvalue weighted by molar-refractivity contribution is -0.154. The highest BCUT2D eigenvalue weighted by Gasteiger charge is 2.44. The van der Waals surface area contributed by atoms with Crippen molar-refractivity contribution in [1.29, 1.82) is 0 Å². The number of amides is 1. The van der Waals surface area contributed by atoms with E-state index in [1.165, 1.54) is 16.8 Å². The van der Waals surface area contributed by atoms with Gasteiger partial charge in [-0.3, -0.25) is 4.79 Å². The van der Waals surface area contributed by atoms with Gasteiger partial charge in [0.2, 0.25) is 0 Å². The fourth-order valence-corrected chi connectivity index (χ4v) is 4.27. The lowest BCUT2D eigenvalue weighted by atomic mass is 9.98. The zero-order valence-corrected chi connectivity index (χ0v) is 17.3. The Labute approximate surface area is 170 Å². The lowest BCUT2D eigenvalue weighted by Crippen LogP contribution is -2.44. The topological polar surface area (TPSA) is 52.9 Å². The normalized spacial score (nSPS) is 19.5. The average molecular weight is 454 g/mol. The summed E-state index contributed by atoms with van der Waals surface area (Å²) in [6.07, 6.45) is 0.301. The van der Waals surface area contributed by atoms with Gasteiger partial charge in [-0.2, -0.15) is 10.1 Å². The maximum Gasteiger partial charge on any atom is 0.255 e. The first-order chi connectivity index (χ1) is 12.4. The number of hydrogen-bond acceptors (Lipinski definition) is 4. The Hall–Kier alpha value is -1.34. The molecule has 3 rings (SSSR count). The smallest absolute Gasteiger partial charge is 0.255 e. The van der Waals surface area contributed by atoms with Gasteiger partial charge in [-0.05, 0) is 30.7 Å². The van der Waals surface area contributed by atoms with E-state index in [0.29, 0.717) is 22.8 Å². The summed E-state index contributed by atoms with van der Waals surface area (Å²) in [5, 5.41) is 17.3. The minimum absolute atomic E-state index is 0.209. The molecule has 1 heterocycles. The van der Waals surface area contributed by atoms with E-state index in [9.17, 15) is 9.90 Å². The van der Waals surface area contributed by atoms with Crippen molar-refractivity contribution < 1.29 is 9.90 Å². The van der Waals surface area contributed by atoms with Gasteiger partial charge in [0.15, 0.2) is 5.72 Å². The Kier molecular flexibility index (Phi) is 6.07. The number of halogens is 2. The Morgan fingerprint density at radius 3 is 2.69 bits per heavy atom. The molecule has 0 aromatic heterocycles. The predicted molar refractivity (Wildman–Crippen MR) is 110 cm³/mol. The third-order valence-corrected chi connectivity index (χ3v) is 5.97. The van der Waals surface area contributed by atoms with Crippen LogP contribution in [0, 0.1) is 0 Å². The second-order valence-electron chi connectivity index (χ2n) is 6.13. The molecule has 1 aliphatic rings. The first kappa shape index (κ1) is 19.4. The molecular formula is C19H18BrClN2O2S. The molecule has 0 radical (unpaired) electrons. The van der Waals surface area contributed by atoms with Crippen LogP contribution in [-0.2, 0) is 16.3 Å². The summed E-state index contributed by atoms with van der Waals surface area (Å²) in [5.74, 6) is 0.601. The standard InChI is InChI=1S/C19H18BrClN2O2S/c1-13-10-19(25,15-6-8-16(20)9-7-15)23(22-13)18(24)12-26-11-14-4-2-3-5-17(14)21/h2-9,25H,10-12H2,1H3/t19-/m1/s1. The van der Waals surface area contributed by atoms with Gasteiger partial charge in [-0.15, -0.1) is 11.8 Å². The van der Waals surface area contributed by atoms with Gasteiger partial charge < -0.3 is 5.11 Å². The molecule has 136 valence electrons. The number of carbonyl (C=O) groups is 1. The molecule has 2 aromatic carbocycles. The van der Waals surface area contributed by atoms with Crippen LogP contribution in [0.5, 0.6) is 0 Å². The van der Waals surface area contributed by atoms with Crippen molar-refractivity contribution in [3.8, 4) is 0 Å². The first-order valence-electron chi connectivity index (χ1n) is 8.07. The Bertz CT molecular complexity index is 844. The molecule has 1 N–H and O–H groups in total. The van der Waals surface area contributed by atoms with Gasteiger partial charge in [0, 0.05) is 32.9 Å². The number of nitrogens with zero attached hydrogens (tertiary/aromatic N) is 2. The van der Waals surface area contributed by atoms with Crippen LogP contribution in [0.1, 0.15) is 24.5 Å². The van der Waals surface area contributed by atoms with Gasteiger partial charge in [-0.25, -0.2) is 0 Å². The van der Waals surface area contributed by atoms with Crippen molar-refractivity contribution in [2.45, 2.75) is 24.8 Å². The van der Waals surface area contributed by atoms with Crippen molar-refractivity contribution in [2.24, 2.45) is 5.10 Å².